The molecule has 8 heteroatoms. The third-order valence-electron chi connectivity index (χ3n) is 6.72. The van der Waals surface area contributed by atoms with Gasteiger partial charge in [-0.3, -0.25) is 9.59 Å². The minimum Gasteiger partial charge on any atom is -0.488 e. The second kappa shape index (κ2) is 16.8. The molecule has 1 aliphatic rings. The summed E-state index contributed by atoms with van der Waals surface area (Å²) in [5, 5.41) is 5.15. The third kappa shape index (κ3) is 10.1. The molecular weight excluding hydrogens is 482 g/mol. The van der Waals surface area contributed by atoms with Crippen molar-refractivity contribution < 1.29 is 23.9 Å². The summed E-state index contributed by atoms with van der Waals surface area (Å²) in [5.74, 6) is 0.483. The average Bonchev–Trinajstić information content (AvgIpc) is 2.96. The van der Waals surface area contributed by atoms with E-state index in [1.807, 2.05) is 48.5 Å². The van der Waals surface area contributed by atoms with E-state index in [0.717, 1.165) is 61.8 Å². The summed E-state index contributed by atoms with van der Waals surface area (Å²) < 4.78 is 11.6. The van der Waals surface area contributed by atoms with Crippen LogP contribution in [0.1, 0.15) is 58.8 Å². The molecule has 1 aliphatic heterocycles. The van der Waals surface area contributed by atoms with Crippen LogP contribution < -0.4 is 15.5 Å². The Morgan fingerprint density at radius 1 is 1.08 bits per heavy atom. The number of carbonyl (C=O) groups is 2. The Balaban J connectivity index is 1.50. The fourth-order valence-corrected chi connectivity index (χ4v) is 4.37. The van der Waals surface area contributed by atoms with Crippen molar-refractivity contribution in [1.29, 1.82) is 0 Å². The van der Waals surface area contributed by atoms with Crippen molar-refractivity contribution in [2.45, 2.75) is 65.1 Å². The maximum Gasteiger partial charge on any atom is 0.250 e. The van der Waals surface area contributed by atoms with Gasteiger partial charge >= 0.3 is 0 Å². The van der Waals surface area contributed by atoms with Crippen molar-refractivity contribution in [3.05, 3.63) is 54.1 Å². The van der Waals surface area contributed by atoms with Crippen LogP contribution in [0.15, 0.2) is 54.1 Å². The average molecular weight is 526 g/mol. The van der Waals surface area contributed by atoms with Crippen LogP contribution in [0.3, 0.4) is 0 Å². The Morgan fingerprint density at radius 2 is 1.89 bits per heavy atom. The van der Waals surface area contributed by atoms with Crippen LogP contribution in [0.5, 0.6) is 5.75 Å². The van der Waals surface area contributed by atoms with Crippen molar-refractivity contribution >= 4 is 22.6 Å². The van der Waals surface area contributed by atoms with Crippen LogP contribution in [0.2, 0.25) is 0 Å². The molecule has 2 aromatic carbocycles. The highest BCUT2D eigenvalue weighted by atomic mass is 16.8. The minimum absolute atomic E-state index is 0.115. The summed E-state index contributed by atoms with van der Waals surface area (Å²) in [6.07, 6.45) is 6.97. The van der Waals surface area contributed by atoms with E-state index < -0.39 is 0 Å². The van der Waals surface area contributed by atoms with Gasteiger partial charge in [-0.1, -0.05) is 56.3 Å². The number of allylic oxidation sites excluding steroid dienone is 1. The van der Waals surface area contributed by atoms with E-state index in [0.29, 0.717) is 38.0 Å². The molecule has 8 nitrogen and oxygen atoms in total. The fourth-order valence-electron chi connectivity index (χ4n) is 4.37. The van der Waals surface area contributed by atoms with E-state index in [9.17, 15) is 9.59 Å². The Hall–Kier alpha value is -2.94. The summed E-state index contributed by atoms with van der Waals surface area (Å²) in [6, 6.07) is 14.0. The quantitative estimate of drug-likeness (QED) is 0.187. The van der Waals surface area contributed by atoms with Gasteiger partial charge in [0.25, 0.3) is 0 Å². The van der Waals surface area contributed by atoms with Crippen molar-refractivity contribution in [3.63, 3.8) is 0 Å². The van der Waals surface area contributed by atoms with Crippen molar-refractivity contribution in [3.8, 4) is 5.75 Å². The summed E-state index contributed by atoms with van der Waals surface area (Å²) >= 11 is 0. The van der Waals surface area contributed by atoms with Crippen molar-refractivity contribution in [1.82, 2.24) is 15.7 Å². The van der Waals surface area contributed by atoms with Crippen molar-refractivity contribution in [2.75, 3.05) is 39.4 Å². The molecule has 2 aromatic rings. The number of amides is 2. The first-order valence-corrected chi connectivity index (χ1v) is 14.0. The highest BCUT2D eigenvalue weighted by Gasteiger charge is 2.16. The van der Waals surface area contributed by atoms with Crippen LogP contribution in [-0.2, 0) is 19.2 Å². The maximum absolute atomic E-state index is 13.0. The first kappa shape index (κ1) is 29.6. The smallest absolute Gasteiger partial charge is 0.250 e. The molecule has 1 unspecified atom stereocenters. The van der Waals surface area contributed by atoms with Gasteiger partial charge in [-0.15, -0.1) is 0 Å². The van der Waals surface area contributed by atoms with E-state index in [-0.39, 0.29) is 24.7 Å². The molecule has 1 fully saturated rings. The van der Waals surface area contributed by atoms with E-state index in [1.165, 1.54) is 0 Å². The molecule has 0 spiro atoms. The largest absolute Gasteiger partial charge is 0.488 e. The van der Waals surface area contributed by atoms with Gasteiger partial charge in [0.2, 0.25) is 11.8 Å². The Bertz CT molecular complexity index is 1030. The molecule has 0 radical (unpaired) electrons. The number of hydroxylamine groups is 1. The van der Waals surface area contributed by atoms with Gasteiger partial charge in [-0.05, 0) is 56.6 Å². The number of hydrogen-bond donors (Lipinski definition) is 2. The predicted octanol–water partition coefficient (Wildman–Crippen LogP) is 4.74. The monoisotopic (exact) mass is 525 g/mol. The molecule has 3 rings (SSSR count). The zero-order valence-electron chi connectivity index (χ0n) is 22.9. The van der Waals surface area contributed by atoms with Crippen LogP contribution in [0, 0.1) is 0 Å². The highest BCUT2D eigenvalue weighted by Crippen LogP contribution is 2.25. The first-order valence-electron chi connectivity index (χ1n) is 14.0. The number of rotatable bonds is 16. The lowest BCUT2D eigenvalue weighted by molar-refractivity contribution is -0.200. The molecule has 2 N–H and O–H groups in total. The van der Waals surface area contributed by atoms with Gasteiger partial charge in [0.05, 0.1) is 5.57 Å². The van der Waals surface area contributed by atoms with Gasteiger partial charge in [-0.2, -0.15) is 0 Å². The number of unbranched alkanes of at least 4 members (excludes halogenated alkanes) is 2. The molecule has 2 amide bonds. The van der Waals surface area contributed by atoms with E-state index in [4.69, 9.17) is 14.3 Å². The standard InChI is InChI=1S/C30H43N3O5/c1-3-33(4-2)21-20-31-30(35)25(23-37-27-17-12-15-24-13-8-9-16-26(24)27)14-6-5-7-18-28(34)32-38-29-19-10-11-22-36-29/h8-9,12-17,29H,3-7,10-11,18-23H2,1-2H3,(H,31,35)(H,32,34)/b25-14+. The van der Waals surface area contributed by atoms with Crippen LogP contribution >= 0.6 is 0 Å². The second-order valence-electron chi connectivity index (χ2n) is 9.46. The number of fused-ring (bicyclic) bond motifs is 1. The van der Waals surface area contributed by atoms with Crippen LogP contribution in [-0.4, -0.2) is 62.4 Å². The highest BCUT2D eigenvalue weighted by molar-refractivity contribution is 5.94. The van der Waals surface area contributed by atoms with E-state index in [1.54, 1.807) is 0 Å². The number of ether oxygens (including phenoxy) is 2. The Labute approximate surface area is 226 Å². The molecule has 1 heterocycles. The normalized spacial score (nSPS) is 16.0. The molecule has 0 bridgehead atoms. The van der Waals surface area contributed by atoms with Gasteiger partial charge < -0.3 is 19.7 Å². The van der Waals surface area contributed by atoms with Gasteiger partial charge in [0.1, 0.15) is 12.4 Å². The third-order valence-corrected chi connectivity index (χ3v) is 6.72. The van der Waals surface area contributed by atoms with Crippen molar-refractivity contribution in [2.24, 2.45) is 0 Å². The molecule has 0 aliphatic carbocycles. The molecule has 1 saturated heterocycles. The molecule has 38 heavy (non-hydrogen) atoms. The predicted molar refractivity (Wildman–Crippen MR) is 150 cm³/mol. The summed E-state index contributed by atoms with van der Waals surface area (Å²) in [4.78, 5) is 32.7. The number of benzene rings is 2. The lowest BCUT2D eigenvalue weighted by atomic mass is 10.1. The zero-order valence-corrected chi connectivity index (χ0v) is 22.9. The number of hydrogen-bond acceptors (Lipinski definition) is 6. The summed E-state index contributed by atoms with van der Waals surface area (Å²) in [5.41, 5.74) is 3.09. The molecular formula is C30H43N3O5. The van der Waals surface area contributed by atoms with E-state index in [2.05, 4.69) is 29.5 Å². The Morgan fingerprint density at radius 3 is 2.68 bits per heavy atom. The van der Waals surface area contributed by atoms with Crippen LogP contribution in [0.4, 0.5) is 0 Å². The summed E-state index contributed by atoms with van der Waals surface area (Å²) in [7, 11) is 0. The van der Waals surface area contributed by atoms with Gasteiger partial charge in [0, 0.05) is 37.9 Å². The Kier molecular flexibility index (Phi) is 13.1. The van der Waals surface area contributed by atoms with Gasteiger partial charge in [0.15, 0.2) is 6.29 Å². The zero-order chi connectivity index (χ0) is 27.0. The van der Waals surface area contributed by atoms with Gasteiger partial charge in [-0.25, -0.2) is 10.3 Å². The minimum atomic E-state index is -0.347. The summed E-state index contributed by atoms with van der Waals surface area (Å²) in [6.45, 7) is 8.37. The lowest BCUT2D eigenvalue weighted by Gasteiger charge is -2.22. The molecule has 208 valence electrons. The number of nitrogens with one attached hydrogen (secondary N) is 2. The van der Waals surface area contributed by atoms with E-state index >= 15 is 0 Å². The second-order valence-corrected chi connectivity index (χ2v) is 9.46. The first-order chi connectivity index (χ1) is 18.6. The fraction of sp³-hybridized carbons (Fsp3) is 0.533. The maximum atomic E-state index is 13.0. The lowest BCUT2D eigenvalue weighted by Crippen LogP contribution is -2.36. The molecule has 0 saturated carbocycles. The SMILES string of the molecule is CCN(CC)CCNC(=O)/C(=C/CCCCC(=O)NOC1CCCCO1)COc1cccc2ccccc12. The number of nitrogens with zero attached hydrogens (tertiary/aromatic N) is 1. The number of likely N-dealkylation sites (N-methyl/N-ethyl adjacent to an activating group) is 1. The molecule has 0 aromatic heterocycles. The number of carbonyl (C=O) groups excluding carboxylic acids is 2. The topological polar surface area (TPSA) is 89.1 Å². The van der Waals surface area contributed by atoms with Crippen LogP contribution in [0.25, 0.3) is 10.8 Å². The molecule has 1 atom stereocenters.